The molecule has 0 bridgehead atoms. The molecule has 1 amide bonds. The quantitative estimate of drug-likeness (QED) is 0.833. The van der Waals surface area contributed by atoms with Crippen molar-refractivity contribution in [3.8, 4) is 11.5 Å². The van der Waals surface area contributed by atoms with Crippen LogP contribution in [0.2, 0.25) is 0 Å². The third kappa shape index (κ3) is 3.96. The van der Waals surface area contributed by atoms with Crippen molar-refractivity contribution in [1.29, 1.82) is 0 Å². The second-order valence-electron chi connectivity index (χ2n) is 6.11. The number of benzene rings is 1. The number of methoxy groups -OCH3 is 2. The number of piperidine rings is 1. The normalized spacial score (nSPS) is 14.8. The summed E-state index contributed by atoms with van der Waals surface area (Å²) in [6.45, 7) is 1.50. The highest BCUT2D eigenvalue weighted by atomic mass is 16.5. The van der Waals surface area contributed by atoms with Gasteiger partial charge in [-0.1, -0.05) is 0 Å². The number of aromatic nitrogens is 2. The van der Waals surface area contributed by atoms with Crippen LogP contribution in [0.25, 0.3) is 0 Å². The maximum Gasteiger partial charge on any atom is 0.266 e. The lowest BCUT2D eigenvalue weighted by Gasteiger charge is -2.33. The molecule has 1 aliphatic rings. The molecule has 2 heterocycles. The highest BCUT2D eigenvalue weighted by Gasteiger charge is 2.22. The highest BCUT2D eigenvalue weighted by Crippen LogP contribution is 2.27. The van der Waals surface area contributed by atoms with Crippen molar-refractivity contribution in [2.75, 3.05) is 32.2 Å². The van der Waals surface area contributed by atoms with E-state index in [9.17, 15) is 9.59 Å². The van der Waals surface area contributed by atoms with E-state index in [1.54, 1.807) is 38.6 Å². The number of nitrogens with zero attached hydrogens (tertiary/aromatic N) is 2. The Morgan fingerprint density at radius 3 is 2.58 bits per heavy atom. The van der Waals surface area contributed by atoms with Crippen LogP contribution >= 0.6 is 0 Å². The van der Waals surface area contributed by atoms with E-state index in [1.807, 2.05) is 0 Å². The number of nitrogens with one attached hydrogen (secondary N) is 2. The van der Waals surface area contributed by atoms with Crippen LogP contribution in [0.3, 0.4) is 0 Å². The Labute approximate surface area is 151 Å². The first-order valence-corrected chi connectivity index (χ1v) is 8.43. The van der Waals surface area contributed by atoms with Crippen molar-refractivity contribution in [2.24, 2.45) is 0 Å². The number of carbonyl (C=O) groups excluding carboxylic acids is 1. The number of aromatic amines is 1. The minimum absolute atomic E-state index is 0.0850. The molecule has 0 spiro atoms. The Balaban J connectivity index is 1.59. The molecule has 3 rings (SSSR count). The molecule has 1 fully saturated rings. The van der Waals surface area contributed by atoms with Crippen molar-refractivity contribution < 1.29 is 14.3 Å². The molecule has 138 valence electrons. The minimum Gasteiger partial charge on any atom is -0.493 e. The lowest BCUT2D eigenvalue weighted by molar-refractivity contribution is 0.0930. The average Bonchev–Trinajstić information content (AvgIpc) is 2.68. The van der Waals surface area contributed by atoms with E-state index in [4.69, 9.17) is 9.47 Å². The largest absolute Gasteiger partial charge is 0.493 e. The van der Waals surface area contributed by atoms with E-state index in [-0.39, 0.29) is 17.5 Å². The number of hydrogen-bond acceptors (Lipinski definition) is 6. The summed E-state index contributed by atoms with van der Waals surface area (Å²) < 4.78 is 10.4. The van der Waals surface area contributed by atoms with Crippen molar-refractivity contribution >= 4 is 11.6 Å². The number of hydrogen-bond donors (Lipinski definition) is 2. The van der Waals surface area contributed by atoms with E-state index in [0.717, 1.165) is 31.6 Å². The van der Waals surface area contributed by atoms with E-state index in [2.05, 4.69) is 20.4 Å². The van der Waals surface area contributed by atoms with Crippen LogP contribution in [0.4, 0.5) is 5.69 Å². The molecule has 8 heteroatoms. The average molecular weight is 358 g/mol. The molecule has 0 aliphatic carbocycles. The zero-order chi connectivity index (χ0) is 18.5. The standard InChI is InChI=1S/C18H22N4O4/c1-25-15-4-3-12(9-16(15)26-2)18(24)20-13-5-7-22(8-6-13)14-10-17(23)21-19-11-14/h3-4,9-11,13H,5-8H2,1-2H3,(H,20,24)(H,21,23). The molecule has 2 aromatic rings. The van der Waals surface area contributed by atoms with Crippen LogP contribution in [0.5, 0.6) is 11.5 Å². The molecule has 1 aromatic carbocycles. The first-order chi connectivity index (χ1) is 12.6. The zero-order valence-corrected chi connectivity index (χ0v) is 14.8. The Morgan fingerprint density at radius 2 is 1.92 bits per heavy atom. The second-order valence-corrected chi connectivity index (χ2v) is 6.11. The number of rotatable bonds is 5. The zero-order valence-electron chi connectivity index (χ0n) is 14.8. The summed E-state index contributed by atoms with van der Waals surface area (Å²) >= 11 is 0. The van der Waals surface area contributed by atoms with Crippen LogP contribution in [0.15, 0.2) is 35.3 Å². The van der Waals surface area contributed by atoms with E-state index >= 15 is 0 Å². The van der Waals surface area contributed by atoms with E-state index in [0.29, 0.717) is 17.1 Å². The Bertz CT molecular complexity index is 828. The molecule has 0 atom stereocenters. The summed E-state index contributed by atoms with van der Waals surface area (Å²) in [5.41, 5.74) is 1.12. The van der Waals surface area contributed by atoms with Crippen LogP contribution in [-0.4, -0.2) is 49.5 Å². The molecule has 1 aromatic heterocycles. The van der Waals surface area contributed by atoms with E-state index in [1.165, 1.54) is 6.07 Å². The van der Waals surface area contributed by atoms with Gasteiger partial charge in [-0.25, -0.2) is 5.10 Å². The van der Waals surface area contributed by atoms with Gasteiger partial charge in [0.25, 0.3) is 11.5 Å². The smallest absolute Gasteiger partial charge is 0.266 e. The van der Waals surface area contributed by atoms with Crippen LogP contribution in [0.1, 0.15) is 23.2 Å². The predicted molar refractivity (Wildman–Crippen MR) is 97.1 cm³/mol. The summed E-state index contributed by atoms with van der Waals surface area (Å²) in [5, 5.41) is 9.26. The molecule has 2 N–H and O–H groups in total. The first-order valence-electron chi connectivity index (χ1n) is 8.43. The fraction of sp³-hybridized carbons (Fsp3) is 0.389. The van der Waals surface area contributed by atoms with Gasteiger partial charge >= 0.3 is 0 Å². The molecule has 1 aliphatic heterocycles. The molecule has 26 heavy (non-hydrogen) atoms. The fourth-order valence-electron chi connectivity index (χ4n) is 3.07. The van der Waals surface area contributed by atoms with Gasteiger partial charge < -0.3 is 19.7 Å². The van der Waals surface area contributed by atoms with Gasteiger partial charge in [0.05, 0.1) is 26.1 Å². The van der Waals surface area contributed by atoms with Gasteiger partial charge in [0.2, 0.25) is 0 Å². The summed E-state index contributed by atoms with van der Waals surface area (Å²) in [6.07, 6.45) is 3.24. The van der Waals surface area contributed by atoms with Gasteiger partial charge in [0.1, 0.15) is 0 Å². The maximum absolute atomic E-state index is 12.5. The lowest BCUT2D eigenvalue weighted by atomic mass is 10.0. The number of ether oxygens (including phenoxy) is 2. The second kappa shape index (κ2) is 7.90. The molecule has 8 nitrogen and oxygen atoms in total. The highest BCUT2D eigenvalue weighted by molar-refractivity contribution is 5.95. The van der Waals surface area contributed by atoms with Gasteiger partial charge in [0, 0.05) is 30.8 Å². The monoisotopic (exact) mass is 358 g/mol. The van der Waals surface area contributed by atoms with Crippen molar-refractivity contribution in [1.82, 2.24) is 15.5 Å². The Morgan fingerprint density at radius 1 is 1.19 bits per heavy atom. The Hall–Kier alpha value is -3.03. The molecular weight excluding hydrogens is 336 g/mol. The predicted octanol–water partition coefficient (Wildman–Crippen LogP) is 1.19. The van der Waals surface area contributed by atoms with Gasteiger partial charge in [0.15, 0.2) is 11.5 Å². The van der Waals surface area contributed by atoms with Crippen LogP contribution in [-0.2, 0) is 0 Å². The van der Waals surface area contributed by atoms with Crippen molar-refractivity contribution in [2.45, 2.75) is 18.9 Å². The summed E-state index contributed by atoms with van der Waals surface area (Å²) in [7, 11) is 3.10. The van der Waals surface area contributed by atoms with Crippen LogP contribution < -0.4 is 25.2 Å². The minimum atomic E-state index is -0.216. The maximum atomic E-state index is 12.5. The number of amides is 1. The number of H-pyrrole nitrogens is 1. The van der Waals surface area contributed by atoms with Crippen LogP contribution in [0, 0.1) is 0 Å². The number of carbonyl (C=O) groups is 1. The molecule has 0 saturated carbocycles. The van der Waals surface area contributed by atoms with E-state index < -0.39 is 0 Å². The lowest BCUT2D eigenvalue weighted by Crippen LogP contribution is -2.45. The molecular formula is C18H22N4O4. The molecule has 0 unspecified atom stereocenters. The number of anilines is 1. The fourth-order valence-corrected chi connectivity index (χ4v) is 3.07. The first kappa shape index (κ1) is 17.8. The topological polar surface area (TPSA) is 96.5 Å². The SMILES string of the molecule is COc1ccc(C(=O)NC2CCN(c3cn[nH]c(=O)c3)CC2)cc1OC. The Kier molecular flexibility index (Phi) is 5.40. The van der Waals surface area contributed by atoms with Gasteiger partial charge in [-0.2, -0.15) is 5.10 Å². The third-order valence-corrected chi connectivity index (χ3v) is 4.49. The molecule has 1 saturated heterocycles. The summed E-state index contributed by atoms with van der Waals surface area (Å²) in [5.74, 6) is 0.975. The summed E-state index contributed by atoms with van der Waals surface area (Å²) in [6, 6.07) is 6.73. The summed E-state index contributed by atoms with van der Waals surface area (Å²) in [4.78, 5) is 26.0. The van der Waals surface area contributed by atoms with Gasteiger partial charge in [-0.15, -0.1) is 0 Å². The van der Waals surface area contributed by atoms with Gasteiger partial charge in [-0.3, -0.25) is 9.59 Å². The van der Waals surface area contributed by atoms with Crippen molar-refractivity contribution in [3.05, 3.63) is 46.4 Å². The third-order valence-electron chi connectivity index (χ3n) is 4.49. The molecule has 0 radical (unpaired) electrons. The van der Waals surface area contributed by atoms with Gasteiger partial charge in [-0.05, 0) is 31.0 Å². The van der Waals surface area contributed by atoms with Crippen molar-refractivity contribution in [3.63, 3.8) is 0 Å².